The molecule has 23 heavy (non-hydrogen) atoms. The van der Waals surface area contributed by atoms with Crippen LogP contribution in [0.1, 0.15) is 43.8 Å². The summed E-state index contributed by atoms with van der Waals surface area (Å²) in [6, 6.07) is 8.32. The molecule has 1 N–H and O–H groups in total. The highest BCUT2D eigenvalue weighted by Gasteiger charge is 2.22. The minimum absolute atomic E-state index is 0.113. The van der Waals surface area contributed by atoms with Gasteiger partial charge in [0.25, 0.3) is 0 Å². The minimum Gasteiger partial charge on any atom is -0.493 e. The van der Waals surface area contributed by atoms with E-state index in [1.54, 1.807) is 0 Å². The summed E-state index contributed by atoms with van der Waals surface area (Å²) in [5.74, 6) is -1.12. The van der Waals surface area contributed by atoms with Crippen molar-refractivity contribution in [1.29, 1.82) is 0 Å². The van der Waals surface area contributed by atoms with Gasteiger partial charge in [0.15, 0.2) is 0 Å². The molecule has 0 amide bonds. The van der Waals surface area contributed by atoms with Crippen LogP contribution in [-0.2, 0) is 5.41 Å². The first-order valence-electron chi connectivity index (χ1n) is 7.39. The first-order chi connectivity index (χ1) is 10.7. The van der Waals surface area contributed by atoms with Gasteiger partial charge >= 0.3 is 11.6 Å². The second-order valence-electron chi connectivity index (χ2n) is 6.20. The van der Waals surface area contributed by atoms with Gasteiger partial charge in [-0.25, -0.2) is 9.59 Å². The zero-order chi connectivity index (χ0) is 17.2. The molecule has 0 saturated carbocycles. The van der Waals surface area contributed by atoms with E-state index in [9.17, 15) is 14.7 Å². The molecule has 1 aromatic carbocycles. The molecule has 0 aliphatic carbocycles. The number of hydrogen-bond acceptors (Lipinski definition) is 4. The quantitative estimate of drug-likeness (QED) is 0.930. The molecule has 0 bridgehead atoms. The van der Waals surface area contributed by atoms with Gasteiger partial charge in [0.2, 0.25) is 5.76 Å². The number of aromatic carboxylic acids is 1. The van der Waals surface area contributed by atoms with Gasteiger partial charge in [-0.15, -0.1) is 0 Å². The third-order valence-corrected chi connectivity index (χ3v) is 3.46. The highest BCUT2D eigenvalue weighted by atomic mass is 16.5. The minimum atomic E-state index is -1.29. The summed E-state index contributed by atoms with van der Waals surface area (Å²) in [7, 11) is 0. The molecule has 0 spiro atoms. The second kappa shape index (κ2) is 6.28. The Hall–Kier alpha value is -2.56. The smallest absolute Gasteiger partial charge is 0.372 e. The average Bonchev–Trinajstić information content (AvgIpc) is 2.47. The molecular weight excluding hydrogens is 296 g/mol. The molecule has 5 heteroatoms. The van der Waals surface area contributed by atoms with E-state index in [1.165, 1.54) is 12.1 Å². The third-order valence-electron chi connectivity index (χ3n) is 3.46. The summed E-state index contributed by atoms with van der Waals surface area (Å²) in [6.07, 6.45) is 0. The van der Waals surface area contributed by atoms with Crippen molar-refractivity contribution in [2.45, 2.75) is 33.1 Å². The molecule has 0 radical (unpaired) electrons. The summed E-state index contributed by atoms with van der Waals surface area (Å²) in [5, 5.41) is 9.33. The van der Waals surface area contributed by atoms with Crippen LogP contribution in [0.5, 0.6) is 5.75 Å². The maximum atomic E-state index is 11.4. The van der Waals surface area contributed by atoms with Crippen molar-refractivity contribution in [2.75, 3.05) is 6.61 Å². The van der Waals surface area contributed by atoms with Crippen molar-refractivity contribution in [3.8, 4) is 16.9 Å². The highest BCUT2D eigenvalue weighted by molar-refractivity contribution is 5.94. The van der Waals surface area contributed by atoms with E-state index in [4.69, 9.17) is 9.15 Å². The average molecular weight is 316 g/mol. The van der Waals surface area contributed by atoms with Crippen LogP contribution < -0.4 is 10.4 Å². The van der Waals surface area contributed by atoms with Gasteiger partial charge in [0.05, 0.1) is 6.61 Å². The number of carboxylic acid groups (broad SMARTS) is 1. The maximum absolute atomic E-state index is 11.4. The Kier molecular flexibility index (Phi) is 4.59. The van der Waals surface area contributed by atoms with E-state index >= 15 is 0 Å². The first kappa shape index (κ1) is 16.8. The second-order valence-corrected chi connectivity index (χ2v) is 6.20. The lowest BCUT2D eigenvalue weighted by Gasteiger charge is -2.21. The van der Waals surface area contributed by atoms with Crippen LogP contribution in [0.25, 0.3) is 11.1 Å². The summed E-state index contributed by atoms with van der Waals surface area (Å²) in [4.78, 5) is 22.8. The Morgan fingerprint density at radius 2 is 1.87 bits per heavy atom. The van der Waals surface area contributed by atoms with E-state index in [0.29, 0.717) is 23.5 Å². The predicted octanol–water partition coefficient (Wildman–Crippen LogP) is 3.70. The van der Waals surface area contributed by atoms with Crippen molar-refractivity contribution < 1.29 is 19.1 Å². The number of hydrogen-bond donors (Lipinski definition) is 1. The Balaban J connectivity index is 2.75. The van der Waals surface area contributed by atoms with Crippen LogP contribution in [0.4, 0.5) is 0 Å². The van der Waals surface area contributed by atoms with Crippen LogP contribution >= 0.6 is 0 Å². The summed E-state index contributed by atoms with van der Waals surface area (Å²) >= 11 is 0. The molecule has 5 nitrogen and oxygen atoms in total. The van der Waals surface area contributed by atoms with Crippen LogP contribution in [0.3, 0.4) is 0 Å². The van der Waals surface area contributed by atoms with Crippen molar-refractivity contribution in [3.63, 3.8) is 0 Å². The van der Waals surface area contributed by atoms with Gasteiger partial charge in [-0.2, -0.15) is 0 Å². The monoisotopic (exact) mass is 316 g/mol. The van der Waals surface area contributed by atoms with Crippen molar-refractivity contribution in [1.82, 2.24) is 0 Å². The number of carboxylic acids is 1. The molecule has 122 valence electrons. The standard InChI is InChI=1S/C18H20O5/c1-5-22-14-8-6-11(18(2,3)4)10-13(14)12-7-9-15(19)23-16(12)17(20)21/h6-10H,5H2,1-4H3,(H,20,21). The predicted molar refractivity (Wildman–Crippen MR) is 87.2 cm³/mol. The van der Waals surface area contributed by atoms with Gasteiger partial charge < -0.3 is 14.3 Å². The normalized spacial score (nSPS) is 11.3. The number of ether oxygens (including phenoxy) is 1. The van der Waals surface area contributed by atoms with Gasteiger partial charge in [0.1, 0.15) is 5.75 Å². The number of carbonyl (C=O) groups is 1. The molecule has 0 aliphatic heterocycles. The zero-order valence-corrected chi connectivity index (χ0v) is 13.7. The Labute approximate surface area is 134 Å². The van der Waals surface area contributed by atoms with Gasteiger partial charge in [-0.05, 0) is 36.1 Å². The van der Waals surface area contributed by atoms with Crippen LogP contribution in [-0.4, -0.2) is 17.7 Å². The van der Waals surface area contributed by atoms with E-state index < -0.39 is 11.6 Å². The number of rotatable bonds is 4. The van der Waals surface area contributed by atoms with Gasteiger partial charge in [0, 0.05) is 17.2 Å². The molecule has 0 saturated heterocycles. The zero-order valence-electron chi connectivity index (χ0n) is 13.7. The summed E-state index contributed by atoms with van der Waals surface area (Å²) in [5.41, 5.74) is 1.14. The fourth-order valence-electron chi connectivity index (χ4n) is 2.28. The molecule has 0 unspecified atom stereocenters. The molecule has 2 aromatic rings. The largest absolute Gasteiger partial charge is 0.493 e. The Morgan fingerprint density at radius 1 is 1.17 bits per heavy atom. The first-order valence-corrected chi connectivity index (χ1v) is 7.39. The van der Waals surface area contributed by atoms with Crippen LogP contribution in [0.15, 0.2) is 39.5 Å². The molecular formula is C18H20O5. The maximum Gasteiger partial charge on any atom is 0.372 e. The van der Waals surface area contributed by atoms with Gasteiger partial charge in [-0.1, -0.05) is 26.8 Å². The summed E-state index contributed by atoms with van der Waals surface area (Å²) < 4.78 is 10.5. The molecule has 0 aliphatic rings. The fourth-order valence-corrected chi connectivity index (χ4v) is 2.28. The molecule has 1 heterocycles. The lowest BCUT2D eigenvalue weighted by atomic mass is 9.85. The van der Waals surface area contributed by atoms with Crippen LogP contribution in [0, 0.1) is 0 Å². The van der Waals surface area contributed by atoms with Gasteiger partial charge in [-0.3, -0.25) is 0 Å². The topological polar surface area (TPSA) is 76.7 Å². The molecule has 0 fully saturated rings. The molecule has 1 aromatic heterocycles. The van der Waals surface area contributed by atoms with Crippen molar-refractivity contribution in [3.05, 3.63) is 52.1 Å². The highest BCUT2D eigenvalue weighted by Crippen LogP contribution is 2.36. The lowest BCUT2D eigenvalue weighted by Crippen LogP contribution is -2.12. The summed E-state index contributed by atoms with van der Waals surface area (Å²) in [6.45, 7) is 8.49. The Bertz CT molecular complexity index is 781. The van der Waals surface area contributed by atoms with E-state index in [1.807, 2.05) is 25.1 Å². The molecule has 0 atom stereocenters. The van der Waals surface area contributed by atoms with E-state index in [2.05, 4.69) is 20.8 Å². The molecule has 2 rings (SSSR count). The van der Waals surface area contributed by atoms with Crippen molar-refractivity contribution >= 4 is 5.97 Å². The van der Waals surface area contributed by atoms with Crippen molar-refractivity contribution in [2.24, 2.45) is 0 Å². The van der Waals surface area contributed by atoms with Crippen LogP contribution in [0.2, 0.25) is 0 Å². The SMILES string of the molecule is CCOc1ccc(C(C)(C)C)cc1-c1ccc(=O)oc1C(=O)O. The number of benzene rings is 1. The lowest BCUT2D eigenvalue weighted by molar-refractivity contribution is 0.0658. The third kappa shape index (κ3) is 3.62. The van der Waals surface area contributed by atoms with E-state index in [-0.39, 0.29) is 11.2 Å². The van der Waals surface area contributed by atoms with E-state index in [0.717, 1.165) is 5.56 Å². The fraction of sp³-hybridized carbons (Fsp3) is 0.333. The Morgan fingerprint density at radius 3 is 2.43 bits per heavy atom.